The third-order valence-electron chi connectivity index (χ3n) is 4.84. The lowest BCUT2D eigenvalue weighted by Gasteiger charge is -2.26. The van der Waals surface area contributed by atoms with E-state index in [4.69, 9.17) is 9.78 Å². The summed E-state index contributed by atoms with van der Waals surface area (Å²) in [6.45, 7) is 5.63. The van der Waals surface area contributed by atoms with Crippen LogP contribution >= 0.6 is 0 Å². The van der Waals surface area contributed by atoms with Crippen molar-refractivity contribution in [2.75, 3.05) is 20.1 Å². The summed E-state index contributed by atoms with van der Waals surface area (Å²) in [5.41, 5.74) is 1.95. The van der Waals surface area contributed by atoms with Gasteiger partial charge < -0.3 is 4.52 Å². The third-order valence-corrected chi connectivity index (χ3v) is 4.84. The van der Waals surface area contributed by atoms with Gasteiger partial charge in [0.25, 0.3) is 0 Å². The Morgan fingerprint density at radius 2 is 2.24 bits per heavy atom. The van der Waals surface area contributed by atoms with Crippen molar-refractivity contribution in [3.63, 3.8) is 0 Å². The van der Waals surface area contributed by atoms with E-state index in [1.807, 2.05) is 25.1 Å². The number of nitriles is 1. The van der Waals surface area contributed by atoms with Gasteiger partial charge in [0.2, 0.25) is 5.89 Å². The Bertz CT molecular complexity index is 735. The van der Waals surface area contributed by atoms with Gasteiger partial charge >= 0.3 is 0 Å². The van der Waals surface area contributed by atoms with Crippen LogP contribution in [0.15, 0.2) is 28.8 Å². The molecule has 0 radical (unpaired) electrons. The zero-order chi connectivity index (χ0) is 17.6. The molecule has 1 fully saturated rings. The average molecular weight is 339 g/mol. The molecule has 1 saturated heterocycles. The summed E-state index contributed by atoms with van der Waals surface area (Å²) in [7, 11) is 2.14. The zero-order valence-corrected chi connectivity index (χ0v) is 15.0. The maximum absolute atomic E-state index is 9.05. The second-order valence-corrected chi connectivity index (χ2v) is 6.82. The predicted molar refractivity (Wildman–Crippen MR) is 94.6 cm³/mol. The first kappa shape index (κ1) is 17.6. The van der Waals surface area contributed by atoms with E-state index in [0.29, 0.717) is 11.9 Å². The Kier molecular flexibility index (Phi) is 5.79. The minimum atomic E-state index is 0.536. The molecule has 0 unspecified atom stereocenters. The number of aryl methyl sites for hydroxylation is 1. The fourth-order valence-corrected chi connectivity index (χ4v) is 3.49. The first-order valence-electron chi connectivity index (χ1n) is 8.85. The Morgan fingerprint density at radius 3 is 3.00 bits per heavy atom. The van der Waals surface area contributed by atoms with Crippen LogP contribution in [0.25, 0.3) is 0 Å². The highest BCUT2D eigenvalue weighted by Gasteiger charge is 2.21. The summed E-state index contributed by atoms with van der Waals surface area (Å²) < 4.78 is 5.06. The first-order valence-corrected chi connectivity index (χ1v) is 8.85. The molecule has 0 saturated carbocycles. The van der Waals surface area contributed by atoms with Crippen LogP contribution in [-0.4, -0.2) is 46.1 Å². The van der Waals surface area contributed by atoms with E-state index in [2.05, 4.69) is 39.1 Å². The topological polar surface area (TPSA) is 69.2 Å². The molecular weight excluding hydrogens is 314 g/mol. The van der Waals surface area contributed by atoms with Gasteiger partial charge in [-0.2, -0.15) is 10.2 Å². The van der Waals surface area contributed by atoms with Gasteiger partial charge in [-0.1, -0.05) is 17.3 Å². The van der Waals surface area contributed by atoms with Gasteiger partial charge in [0.05, 0.1) is 18.2 Å². The summed E-state index contributed by atoms with van der Waals surface area (Å²) >= 11 is 0. The second kappa shape index (κ2) is 8.24. The predicted octanol–water partition coefficient (Wildman–Crippen LogP) is 2.74. The standard InChI is InChI=1S/C19H25N5O/c1-15-21-19(22-25-15)14-23(2)18-7-4-9-24(10-8-18)13-17-6-3-5-16(11-17)12-20/h3,5-6,11,18H,4,7-10,13-14H2,1-2H3/t18-/m0/s1. The third kappa shape index (κ3) is 4.88. The molecule has 6 nitrogen and oxygen atoms in total. The summed E-state index contributed by atoms with van der Waals surface area (Å²) in [6, 6.07) is 10.7. The Labute approximate surface area is 149 Å². The van der Waals surface area contributed by atoms with Crippen molar-refractivity contribution in [2.45, 2.75) is 45.3 Å². The molecule has 0 spiro atoms. The summed E-state index contributed by atoms with van der Waals surface area (Å²) in [5, 5.41) is 13.0. The molecule has 0 aliphatic carbocycles. The van der Waals surface area contributed by atoms with Crippen LogP contribution < -0.4 is 0 Å². The molecule has 6 heteroatoms. The van der Waals surface area contributed by atoms with Gasteiger partial charge in [-0.05, 0) is 57.1 Å². The van der Waals surface area contributed by atoms with Crippen molar-refractivity contribution in [3.8, 4) is 6.07 Å². The van der Waals surface area contributed by atoms with Gasteiger partial charge in [-0.3, -0.25) is 9.80 Å². The maximum atomic E-state index is 9.05. The molecule has 1 atom stereocenters. The molecule has 0 N–H and O–H groups in total. The van der Waals surface area contributed by atoms with E-state index in [1.54, 1.807) is 0 Å². The van der Waals surface area contributed by atoms with Crippen LogP contribution in [0.4, 0.5) is 0 Å². The van der Waals surface area contributed by atoms with Gasteiger partial charge in [0, 0.05) is 19.5 Å². The molecular formula is C19H25N5O. The number of benzene rings is 1. The largest absolute Gasteiger partial charge is 0.340 e. The van der Waals surface area contributed by atoms with Crippen LogP contribution in [-0.2, 0) is 13.1 Å². The number of nitrogens with zero attached hydrogens (tertiary/aromatic N) is 5. The van der Waals surface area contributed by atoms with Crippen molar-refractivity contribution >= 4 is 0 Å². The van der Waals surface area contributed by atoms with E-state index in [0.717, 1.165) is 44.0 Å². The molecule has 1 aliphatic heterocycles. The molecule has 1 aromatic heterocycles. The number of hydrogen-bond acceptors (Lipinski definition) is 6. The molecule has 3 rings (SSSR count). The monoisotopic (exact) mass is 339 g/mol. The second-order valence-electron chi connectivity index (χ2n) is 6.82. The quantitative estimate of drug-likeness (QED) is 0.834. The van der Waals surface area contributed by atoms with Crippen LogP contribution in [0, 0.1) is 18.3 Å². The number of likely N-dealkylation sites (tertiary alicyclic amines) is 1. The van der Waals surface area contributed by atoms with Gasteiger partial charge in [-0.25, -0.2) is 0 Å². The van der Waals surface area contributed by atoms with E-state index >= 15 is 0 Å². The van der Waals surface area contributed by atoms with Crippen LogP contribution in [0.3, 0.4) is 0 Å². The van der Waals surface area contributed by atoms with Crippen molar-refractivity contribution < 1.29 is 4.52 Å². The van der Waals surface area contributed by atoms with Gasteiger partial charge in [-0.15, -0.1) is 0 Å². The first-order chi connectivity index (χ1) is 12.1. The molecule has 2 heterocycles. The minimum Gasteiger partial charge on any atom is -0.340 e. The SMILES string of the molecule is Cc1nc(CN(C)[C@H]2CCCN(Cc3cccc(C#N)c3)CC2)no1. The number of rotatable bonds is 5. The highest BCUT2D eigenvalue weighted by molar-refractivity contribution is 5.32. The average Bonchev–Trinajstić information content (AvgIpc) is 2.88. The smallest absolute Gasteiger partial charge is 0.223 e. The molecule has 2 aromatic rings. The highest BCUT2D eigenvalue weighted by atomic mass is 16.5. The lowest BCUT2D eigenvalue weighted by atomic mass is 10.1. The molecule has 1 aromatic carbocycles. The Balaban J connectivity index is 1.53. The summed E-state index contributed by atoms with van der Waals surface area (Å²) in [6.07, 6.45) is 3.49. The molecule has 0 bridgehead atoms. The summed E-state index contributed by atoms with van der Waals surface area (Å²) in [5.74, 6) is 1.38. The highest BCUT2D eigenvalue weighted by Crippen LogP contribution is 2.19. The van der Waals surface area contributed by atoms with E-state index < -0.39 is 0 Å². The zero-order valence-electron chi connectivity index (χ0n) is 15.0. The molecule has 1 aliphatic rings. The lowest BCUT2D eigenvalue weighted by Crippen LogP contribution is -2.33. The Hall–Kier alpha value is -2.23. The van der Waals surface area contributed by atoms with Crippen LogP contribution in [0.1, 0.15) is 42.1 Å². The number of aromatic nitrogens is 2. The summed E-state index contributed by atoms with van der Waals surface area (Å²) in [4.78, 5) is 9.13. The van der Waals surface area contributed by atoms with Crippen molar-refractivity contribution in [3.05, 3.63) is 47.1 Å². The molecule has 132 valence electrons. The van der Waals surface area contributed by atoms with Crippen molar-refractivity contribution in [1.29, 1.82) is 5.26 Å². The van der Waals surface area contributed by atoms with Crippen molar-refractivity contribution in [2.24, 2.45) is 0 Å². The van der Waals surface area contributed by atoms with Crippen molar-refractivity contribution in [1.82, 2.24) is 19.9 Å². The van der Waals surface area contributed by atoms with Crippen LogP contribution in [0.2, 0.25) is 0 Å². The fraction of sp³-hybridized carbons (Fsp3) is 0.526. The normalized spacial score (nSPS) is 18.9. The minimum absolute atomic E-state index is 0.536. The Morgan fingerprint density at radius 1 is 1.36 bits per heavy atom. The fourth-order valence-electron chi connectivity index (χ4n) is 3.49. The van der Waals surface area contributed by atoms with Crippen LogP contribution in [0.5, 0.6) is 0 Å². The van der Waals surface area contributed by atoms with E-state index in [1.165, 1.54) is 18.4 Å². The molecule has 0 amide bonds. The molecule has 25 heavy (non-hydrogen) atoms. The number of hydrogen-bond donors (Lipinski definition) is 0. The van der Waals surface area contributed by atoms with E-state index in [-0.39, 0.29) is 0 Å². The van der Waals surface area contributed by atoms with E-state index in [9.17, 15) is 0 Å². The van der Waals surface area contributed by atoms with Gasteiger partial charge in [0.15, 0.2) is 5.82 Å². The van der Waals surface area contributed by atoms with Gasteiger partial charge in [0.1, 0.15) is 0 Å². The lowest BCUT2D eigenvalue weighted by molar-refractivity contribution is 0.200. The maximum Gasteiger partial charge on any atom is 0.223 e.